The average molecular weight is 389 g/mol. The summed E-state index contributed by atoms with van der Waals surface area (Å²) in [5, 5.41) is 8.16. The highest BCUT2D eigenvalue weighted by Gasteiger charge is 2.53. The molecule has 0 saturated heterocycles. The molecule has 27 heavy (non-hydrogen) atoms. The van der Waals surface area contributed by atoms with E-state index in [0.29, 0.717) is 4.88 Å². The van der Waals surface area contributed by atoms with Gasteiger partial charge in [-0.1, -0.05) is 19.9 Å². The molecule has 1 aromatic heterocycles. The van der Waals surface area contributed by atoms with Gasteiger partial charge in [-0.15, -0.1) is 11.3 Å². The van der Waals surface area contributed by atoms with Crippen LogP contribution in [0.4, 0.5) is 0 Å². The van der Waals surface area contributed by atoms with E-state index in [9.17, 15) is 9.59 Å². The number of amides is 2. The average Bonchev–Trinajstić information content (AvgIpc) is 3.12. The minimum absolute atomic E-state index is 0.0295. The molecule has 2 atom stereocenters. The Morgan fingerprint density at radius 2 is 1.63 bits per heavy atom. The molecule has 5 heteroatoms. The van der Waals surface area contributed by atoms with E-state index in [0.717, 1.165) is 17.8 Å². The second-order valence-electron chi connectivity index (χ2n) is 9.68. The number of nitrogens with one attached hydrogen (secondary N) is 2. The first-order chi connectivity index (χ1) is 12.9. The van der Waals surface area contributed by atoms with Crippen LogP contribution in [0.1, 0.15) is 69.0 Å². The highest BCUT2D eigenvalue weighted by molar-refractivity contribution is 7.12. The van der Waals surface area contributed by atoms with Crippen molar-refractivity contribution in [1.29, 1.82) is 0 Å². The molecule has 148 valence electrons. The molecule has 4 fully saturated rings. The van der Waals surface area contributed by atoms with Crippen LogP contribution in [-0.4, -0.2) is 23.9 Å². The van der Waals surface area contributed by atoms with Crippen molar-refractivity contribution in [3.63, 3.8) is 0 Å². The standard InChI is InChI=1S/C22H32N2O2S/c1-13(2)19(24-20(25)18-5-4-6-27-18)21(26)23-14(3)22-10-15-7-16(11-22)9-17(8-15)12-22/h4-6,13-17,19H,7-12H2,1-3H3,(H,23,26)(H,24,25)/t14-,15?,16?,17?,19+,22?/m0/s1. The Morgan fingerprint density at radius 3 is 2.11 bits per heavy atom. The Balaban J connectivity index is 1.42. The molecule has 0 aromatic carbocycles. The molecule has 2 amide bonds. The van der Waals surface area contributed by atoms with Gasteiger partial charge in [0.15, 0.2) is 0 Å². The molecule has 1 aromatic rings. The normalized spacial score (nSPS) is 33.7. The Bertz CT molecular complexity index is 662. The second kappa shape index (κ2) is 7.23. The SMILES string of the molecule is CC(C)[C@@H](NC(=O)c1cccs1)C(=O)N[C@@H](C)C12CC3CC(CC(C3)C1)C2. The van der Waals surface area contributed by atoms with Crippen molar-refractivity contribution in [1.82, 2.24) is 10.6 Å². The summed E-state index contributed by atoms with van der Waals surface area (Å²) in [5.74, 6) is 2.48. The van der Waals surface area contributed by atoms with Crippen LogP contribution in [0.5, 0.6) is 0 Å². The summed E-state index contributed by atoms with van der Waals surface area (Å²) in [6, 6.07) is 3.35. The topological polar surface area (TPSA) is 58.2 Å². The van der Waals surface area contributed by atoms with Gasteiger partial charge in [-0.25, -0.2) is 0 Å². The van der Waals surface area contributed by atoms with Crippen LogP contribution in [0.15, 0.2) is 17.5 Å². The summed E-state index contributed by atoms with van der Waals surface area (Å²) in [7, 11) is 0. The molecule has 4 aliphatic rings. The summed E-state index contributed by atoms with van der Waals surface area (Å²) in [4.78, 5) is 26.2. The highest BCUT2D eigenvalue weighted by atomic mass is 32.1. The van der Waals surface area contributed by atoms with Gasteiger partial charge in [-0.05, 0) is 86.0 Å². The zero-order valence-electron chi connectivity index (χ0n) is 16.7. The summed E-state index contributed by atoms with van der Waals surface area (Å²) in [5.41, 5.74) is 0.281. The quantitative estimate of drug-likeness (QED) is 0.766. The van der Waals surface area contributed by atoms with Crippen LogP contribution < -0.4 is 10.6 Å². The fourth-order valence-corrected chi connectivity index (χ4v) is 6.95. The first kappa shape index (κ1) is 19.0. The molecule has 4 nitrogen and oxygen atoms in total. The zero-order chi connectivity index (χ0) is 19.2. The molecule has 4 bridgehead atoms. The molecular formula is C22H32N2O2S. The highest BCUT2D eigenvalue weighted by Crippen LogP contribution is 2.61. The fourth-order valence-electron chi connectivity index (χ4n) is 6.32. The lowest BCUT2D eigenvalue weighted by Crippen LogP contribution is -2.59. The van der Waals surface area contributed by atoms with Crippen molar-refractivity contribution in [3.8, 4) is 0 Å². The van der Waals surface area contributed by atoms with E-state index in [1.807, 2.05) is 25.3 Å². The van der Waals surface area contributed by atoms with Gasteiger partial charge in [0, 0.05) is 6.04 Å². The van der Waals surface area contributed by atoms with E-state index in [4.69, 9.17) is 0 Å². The first-order valence-corrected chi connectivity index (χ1v) is 11.4. The van der Waals surface area contributed by atoms with Gasteiger partial charge in [0.05, 0.1) is 4.88 Å². The van der Waals surface area contributed by atoms with Crippen molar-refractivity contribution < 1.29 is 9.59 Å². The van der Waals surface area contributed by atoms with Crippen LogP contribution in [0.2, 0.25) is 0 Å². The van der Waals surface area contributed by atoms with Crippen molar-refractivity contribution in [2.24, 2.45) is 29.1 Å². The molecule has 4 saturated carbocycles. The fraction of sp³-hybridized carbons (Fsp3) is 0.727. The van der Waals surface area contributed by atoms with Crippen LogP contribution in [0.25, 0.3) is 0 Å². The van der Waals surface area contributed by atoms with Gasteiger partial charge in [0.2, 0.25) is 5.91 Å². The number of carbonyl (C=O) groups is 2. The van der Waals surface area contributed by atoms with Crippen LogP contribution >= 0.6 is 11.3 Å². The van der Waals surface area contributed by atoms with E-state index in [1.54, 1.807) is 6.07 Å². The summed E-state index contributed by atoms with van der Waals surface area (Å²) in [6.07, 6.45) is 8.04. The van der Waals surface area contributed by atoms with E-state index < -0.39 is 6.04 Å². The number of thiophene rings is 1. The molecule has 0 spiro atoms. The van der Waals surface area contributed by atoms with Crippen LogP contribution in [-0.2, 0) is 4.79 Å². The maximum absolute atomic E-state index is 13.1. The molecular weight excluding hydrogens is 356 g/mol. The van der Waals surface area contributed by atoms with Crippen molar-refractivity contribution in [3.05, 3.63) is 22.4 Å². The lowest BCUT2D eigenvalue weighted by atomic mass is 9.48. The molecule has 0 aliphatic heterocycles. The number of hydrogen-bond acceptors (Lipinski definition) is 3. The monoisotopic (exact) mass is 388 g/mol. The Hall–Kier alpha value is -1.36. The Labute approximate surface area is 166 Å². The molecule has 0 unspecified atom stereocenters. The van der Waals surface area contributed by atoms with Crippen molar-refractivity contribution >= 4 is 23.2 Å². The van der Waals surface area contributed by atoms with Gasteiger partial charge in [0.1, 0.15) is 6.04 Å². The third kappa shape index (κ3) is 3.67. The van der Waals surface area contributed by atoms with Gasteiger partial charge >= 0.3 is 0 Å². The lowest BCUT2D eigenvalue weighted by Gasteiger charge is -2.59. The Kier molecular flexibility index (Phi) is 5.08. The molecule has 0 radical (unpaired) electrons. The van der Waals surface area contributed by atoms with Crippen LogP contribution in [0.3, 0.4) is 0 Å². The molecule has 2 N–H and O–H groups in total. The summed E-state index contributed by atoms with van der Waals surface area (Å²) >= 11 is 1.41. The minimum atomic E-state index is -0.490. The largest absolute Gasteiger partial charge is 0.351 e. The molecule has 4 aliphatic carbocycles. The van der Waals surface area contributed by atoms with E-state index in [2.05, 4.69) is 17.6 Å². The first-order valence-electron chi connectivity index (χ1n) is 10.5. The van der Waals surface area contributed by atoms with Gasteiger partial charge in [-0.2, -0.15) is 0 Å². The van der Waals surface area contributed by atoms with Gasteiger partial charge in [-0.3, -0.25) is 9.59 Å². The predicted octanol–water partition coefficient (Wildman–Crippen LogP) is 4.22. The van der Waals surface area contributed by atoms with Gasteiger partial charge < -0.3 is 10.6 Å². The van der Waals surface area contributed by atoms with E-state index >= 15 is 0 Å². The summed E-state index contributed by atoms with van der Waals surface area (Å²) in [6.45, 7) is 6.19. The van der Waals surface area contributed by atoms with Crippen molar-refractivity contribution in [2.75, 3.05) is 0 Å². The molecule has 1 heterocycles. The van der Waals surface area contributed by atoms with Crippen LogP contribution in [0, 0.1) is 29.1 Å². The smallest absolute Gasteiger partial charge is 0.262 e. The van der Waals surface area contributed by atoms with Crippen molar-refractivity contribution in [2.45, 2.75) is 71.4 Å². The van der Waals surface area contributed by atoms with E-state index in [-0.39, 0.29) is 29.2 Å². The predicted molar refractivity (Wildman–Crippen MR) is 109 cm³/mol. The minimum Gasteiger partial charge on any atom is -0.351 e. The van der Waals surface area contributed by atoms with Gasteiger partial charge in [0.25, 0.3) is 5.91 Å². The third-order valence-electron chi connectivity index (χ3n) is 7.34. The Morgan fingerprint density at radius 1 is 1.04 bits per heavy atom. The lowest BCUT2D eigenvalue weighted by molar-refractivity contribution is -0.128. The maximum Gasteiger partial charge on any atom is 0.262 e. The second-order valence-corrected chi connectivity index (χ2v) is 10.6. The maximum atomic E-state index is 13.1. The number of hydrogen-bond donors (Lipinski definition) is 2. The number of carbonyl (C=O) groups excluding carboxylic acids is 2. The third-order valence-corrected chi connectivity index (χ3v) is 8.21. The number of rotatable bonds is 6. The zero-order valence-corrected chi connectivity index (χ0v) is 17.5. The molecule has 5 rings (SSSR count). The summed E-state index contributed by atoms with van der Waals surface area (Å²) < 4.78 is 0. The van der Waals surface area contributed by atoms with E-state index in [1.165, 1.54) is 49.9 Å².